The Labute approximate surface area is 127 Å². The predicted octanol–water partition coefficient (Wildman–Crippen LogP) is 2.50. The molecule has 0 aromatic heterocycles. The van der Waals surface area contributed by atoms with Gasteiger partial charge in [0.25, 0.3) is 0 Å². The van der Waals surface area contributed by atoms with Crippen LogP contribution in [-0.2, 0) is 0 Å². The molecule has 0 radical (unpaired) electrons. The van der Waals surface area contributed by atoms with E-state index in [1.54, 1.807) is 0 Å². The standard InChI is InChI=1S/C15H24N2O.BrH/c1-12-6-8-13(9-7-12)15(18)14(10-16(2)3)11-17(4)5;/h6-9,14H,10-11H2,1-5H3;1H. The molecule has 0 spiro atoms. The number of benzene rings is 1. The predicted molar refractivity (Wildman–Crippen MR) is 86.4 cm³/mol. The molecule has 108 valence electrons. The Morgan fingerprint density at radius 2 is 1.42 bits per heavy atom. The van der Waals surface area contributed by atoms with Crippen molar-refractivity contribution in [3.8, 4) is 0 Å². The van der Waals surface area contributed by atoms with Gasteiger partial charge in [0.05, 0.1) is 0 Å². The first kappa shape index (κ1) is 18.3. The third kappa shape index (κ3) is 6.32. The summed E-state index contributed by atoms with van der Waals surface area (Å²) in [5.41, 5.74) is 2.00. The van der Waals surface area contributed by atoms with Gasteiger partial charge in [-0.3, -0.25) is 4.79 Å². The summed E-state index contributed by atoms with van der Waals surface area (Å²) in [4.78, 5) is 16.6. The van der Waals surface area contributed by atoms with Crippen LogP contribution in [0.2, 0.25) is 0 Å². The highest BCUT2D eigenvalue weighted by molar-refractivity contribution is 8.93. The largest absolute Gasteiger partial charge is 0.309 e. The smallest absolute Gasteiger partial charge is 0.168 e. The van der Waals surface area contributed by atoms with Crippen molar-refractivity contribution in [3.63, 3.8) is 0 Å². The molecule has 1 aromatic carbocycles. The van der Waals surface area contributed by atoms with Crippen molar-refractivity contribution in [2.75, 3.05) is 41.3 Å². The van der Waals surface area contributed by atoms with Gasteiger partial charge < -0.3 is 9.80 Å². The van der Waals surface area contributed by atoms with Crippen LogP contribution >= 0.6 is 17.0 Å². The van der Waals surface area contributed by atoms with Gasteiger partial charge in [-0.1, -0.05) is 29.8 Å². The maximum Gasteiger partial charge on any atom is 0.168 e. The van der Waals surface area contributed by atoms with E-state index in [0.717, 1.165) is 18.7 Å². The number of halogens is 1. The lowest BCUT2D eigenvalue weighted by Gasteiger charge is -2.23. The fraction of sp³-hybridized carbons (Fsp3) is 0.533. The number of Topliss-reactive ketones (excluding diaryl/α,β-unsaturated/α-hetero) is 1. The first-order valence-corrected chi connectivity index (χ1v) is 6.30. The van der Waals surface area contributed by atoms with Gasteiger partial charge in [-0.2, -0.15) is 0 Å². The van der Waals surface area contributed by atoms with Gasteiger partial charge in [0.15, 0.2) is 5.78 Å². The summed E-state index contributed by atoms with van der Waals surface area (Å²) in [5.74, 6) is 0.259. The second kappa shape index (κ2) is 8.46. The molecule has 0 aliphatic rings. The lowest BCUT2D eigenvalue weighted by Crippen LogP contribution is -2.35. The Hall–Kier alpha value is -0.710. The van der Waals surface area contributed by atoms with Crippen LogP contribution in [0.1, 0.15) is 15.9 Å². The van der Waals surface area contributed by atoms with Gasteiger partial charge >= 0.3 is 0 Å². The number of hydrogen-bond donors (Lipinski definition) is 0. The van der Waals surface area contributed by atoms with E-state index in [1.165, 1.54) is 5.56 Å². The molecule has 0 fully saturated rings. The van der Waals surface area contributed by atoms with Crippen molar-refractivity contribution in [2.45, 2.75) is 6.92 Å². The summed E-state index contributed by atoms with van der Waals surface area (Å²) < 4.78 is 0. The van der Waals surface area contributed by atoms with Gasteiger partial charge in [0.2, 0.25) is 0 Å². The van der Waals surface area contributed by atoms with Gasteiger partial charge in [-0.25, -0.2) is 0 Å². The van der Waals surface area contributed by atoms with Crippen molar-refractivity contribution in [2.24, 2.45) is 5.92 Å². The van der Waals surface area contributed by atoms with Crippen molar-refractivity contribution >= 4 is 22.8 Å². The highest BCUT2D eigenvalue weighted by Gasteiger charge is 2.21. The quantitative estimate of drug-likeness (QED) is 0.749. The second-order valence-corrected chi connectivity index (χ2v) is 5.45. The zero-order valence-corrected chi connectivity index (χ0v) is 14.2. The van der Waals surface area contributed by atoms with Gasteiger partial charge in [0.1, 0.15) is 0 Å². The van der Waals surface area contributed by atoms with E-state index in [-0.39, 0.29) is 28.7 Å². The van der Waals surface area contributed by atoms with Gasteiger partial charge in [-0.15, -0.1) is 17.0 Å². The van der Waals surface area contributed by atoms with E-state index >= 15 is 0 Å². The molecule has 0 amide bonds. The van der Waals surface area contributed by atoms with E-state index < -0.39 is 0 Å². The molecule has 0 atom stereocenters. The molecule has 19 heavy (non-hydrogen) atoms. The Bertz CT molecular complexity index is 378. The zero-order valence-electron chi connectivity index (χ0n) is 12.5. The lowest BCUT2D eigenvalue weighted by atomic mass is 9.96. The lowest BCUT2D eigenvalue weighted by molar-refractivity contribution is 0.0871. The van der Waals surface area contributed by atoms with E-state index in [1.807, 2.05) is 59.4 Å². The molecule has 0 aliphatic heterocycles. The summed E-state index contributed by atoms with van der Waals surface area (Å²) in [6.45, 7) is 3.60. The van der Waals surface area contributed by atoms with E-state index in [4.69, 9.17) is 0 Å². The van der Waals surface area contributed by atoms with Crippen LogP contribution in [0.4, 0.5) is 0 Å². The molecule has 0 saturated heterocycles. The van der Waals surface area contributed by atoms with Gasteiger partial charge in [0, 0.05) is 24.6 Å². The summed E-state index contributed by atoms with van der Waals surface area (Å²) in [5, 5.41) is 0. The van der Waals surface area contributed by atoms with E-state index in [9.17, 15) is 4.79 Å². The molecule has 3 nitrogen and oxygen atoms in total. The van der Waals surface area contributed by atoms with Crippen LogP contribution in [0.15, 0.2) is 24.3 Å². The minimum Gasteiger partial charge on any atom is -0.309 e. The summed E-state index contributed by atoms with van der Waals surface area (Å²) >= 11 is 0. The molecule has 1 aromatic rings. The SMILES string of the molecule is Br.Cc1ccc(C(=O)C(CN(C)C)CN(C)C)cc1. The average molecular weight is 329 g/mol. The highest BCUT2D eigenvalue weighted by Crippen LogP contribution is 2.12. The Morgan fingerprint density at radius 1 is 1.00 bits per heavy atom. The molecular weight excluding hydrogens is 304 g/mol. The molecule has 0 N–H and O–H groups in total. The minimum atomic E-state index is 0. The normalized spacial score (nSPS) is 10.9. The number of hydrogen-bond acceptors (Lipinski definition) is 3. The molecule has 4 heteroatoms. The highest BCUT2D eigenvalue weighted by atomic mass is 79.9. The molecule has 0 saturated carbocycles. The topological polar surface area (TPSA) is 23.6 Å². The van der Waals surface area contributed by atoms with Crippen molar-refractivity contribution in [1.29, 1.82) is 0 Å². The first-order valence-electron chi connectivity index (χ1n) is 6.30. The number of rotatable bonds is 6. The zero-order chi connectivity index (χ0) is 13.7. The van der Waals surface area contributed by atoms with Crippen LogP contribution in [0.25, 0.3) is 0 Å². The van der Waals surface area contributed by atoms with Gasteiger partial charge in [-0.05, 0) is 35.1 Å². The third-order valence-electron chi connectivity index (χ3n) is 2.88. The molecule has 0 heterocycles. The fourth-order valence-electron chi connectivity index (χ4n) is 2.06. The van der Waals surface area contributed by atoms with Crippen LogP contribution in [0.5, 0.6) is 0 Å². The number of aryl methyl sites for hydroxylation is 1. The molecule has 0 unspecified atom stereocenters. The van der Waals surface area contributed by atoms with Crippen LogP contribution in [0.3, 0.4) is 0 Å². The van der Waals surface area contributed by atoms with Crippen LogP contribution in [0, 0.1) is 12.8 Å². The first-order chi connectivity index (χ1) is 8.40. The molecule has 1 rings (SSSR count). The minimum absolute atomic E-state index is 0. The summed E-state index contributed by atoms with van der Waals surface area (Å²) in [7, 11) is 8.02. The van der Waals surface area contributed by atoms with Crippen molar-refractivity contribution < 1.29 is 4.79 Å². The average Bonchev–Trinajstić information content (AvgIpc) is 2.27. The van der Waals surface area contributed by atoms with Crippen molar-refractivity contribution in [1.82, 2.24) is 9.80 Å². The number of carbonyl (C=O) groups is 1. The Balaban J connectivity index is 0.00000324. The van der Waals surface area contributed by atoms with Crippen LogP contribution < -0.4 is 0 Å². The molecule has 0 bridgehead atoms. The van der Waals surface area contributed by atoms with E-state index in [0.29, 0.717) is 0 Å². The maximum absolute atomic E-state index is 12.5. The number of nitrogens with zero attached hydrogens (tertiary/aromatic N) is 2. The fourth-order valence-corrected chi connectivity index (χ4v) is 2.06. The van der Waals surface area contributed by atoms with Crippen molar-refractivity contribution in [3.05, 3.63) is 35.4 Å². The Morgan fingerprint density at radius 3 is 1.79 bits per heavy atom. The van der Waals surface area contributed by atoms with E-state index in [2.05, 4.69) is 9.80 Å². The summed E-state index contributed by atoms with van der Waals surface area (Å²) in [6.07, 6.45) is 0. The monoisotopic (exact) mass is 328 g/mol. The molecular formula is C15H25BrN2O. The Kier molecular flexibility index (Phi) is 8.14. The number of ketones is 1. The third-order valence-corrected chi connectivity index (χ3v) is 2.88. The van der Waals surface area contributed by atoms with Crippen LogP contribution in [-0.4, -0.2) is 56.9 Å². The summed E-state index contributed by atoms with van der Waals surface area (Å²) in [6, 6.07) is 7.84. The molecule has 0 aliphatic carbocycles. The second-order valence-electron chi connectivity index (χ2n) is 5.45. The maximum atomic E-state index is 12.5. The number of carbonyl (C=O) groups excluding carboxylic acids is 1.